The predicted molar refractivity (Wildman–Crippen MR) is 62.1 cm³/mol. The third-order valence-electron chi connectivity index (χ3n) is 1.70. The van der Waals surface area contributed by atoms with E-state index >= 15 is 0 Å². The Hall–Kier alpha value is -1.28. The Morgan fingerprint density at radius 2 is 2.14 bits per heavy atom. The van der Waals surface area contributed by atoms with Gasteiger partial charge in [-0.15, -0.1) is 0 Å². The van der Waals surface area contributed by atoms with Crippen LogP contribution in [0.3, 0.4) is 0 Å². The monoisotopic (exact) mass is 193 g/mol. The Bertz CT molecular complexity index is 241. The first-order valence-electron chi connectivity index (χ1n) is 4.51. The highest BCUT2D eigenvalue weighted by Crippen LogP contribution is 2.06. The van der Waals surface area contributed by atoms with E-state index in [0.29, 0.717) is 6.61 Å². The van der Waals surface area contributed by atoms with E-state index in [-0.39, 0.29) is 6.04 Å². The Morgan fingerprint density at radius 3 is 2.50 bits per heavy atom. The van der Waals surface area contributed by atoms with E-state index in [1.165, 1.54) is 0 Å². The normalized spacial score (nSPS) is 13.1. The summed E-state index contributed by atoms with van der Waals surface area (Å²) in [6.07, 6.45) is 5.44. The molecule has 78 valence electrons. The largest absolute Gasteiger partial charge is 0.382 e. The van der Waals surface area contributed by atoms with Crippen molar-refractivity contribution in [1.29, 1.82) is 0 Å². The highest BCUT2D eigenvalue weighted by Gasteiger charge is 2.09. The van der Waals surface area contributed by atoms with E-state index in [9.17, 15) is 0 Å². The maximum absolute atomic E-state index is 5.11. The van der Waals surface area contributed by atoms with Crippen molar-refractivity contribution in [1.82, 2.24) is 5.32 Å². The summed E-state index contributed by atoms with van der Waals surface area (Å²) in [4.78, 5) is 0. The van der Waals surface area contributed by atoms with Gasteiger partial charge in [-0.05, 0) is 12.5 Å². The summed E-state index contributed by atoms with van der Waals surface area (Å²) in [6, 6.07) is 0.0907. The molecule has 0 unspecified atom stereocenters. The summed E-state index contributed by atoms with van der Waals surface area (Å²) in [5.74, 6) is 0. The van der Waals surface area contributed by atoms with Crippen molar-refractivity contribution in [3.63, 3.8) is 0 Å². The van der Waals surface area contributed by atoms with Crippen LogP contribution in [0.1, 0.15) is 6.92 Å². The lowest BCUT2D eigenvalue weighted by atomic mass is 10.1. The average molecular weight is 193 g/mol. The van der Waals surface area contributed by atoms with Crippen LogP contribution >= 0.6 is 0 Å². The second-order valence-electron chi connectivity index (χ2n) is 3.04. The zero-order chi connectivity index (χ0) is 11.0. The molecule has 0 rings (SSSR count). The highest BCUT2D eigenvalue weighted by atomic mass is 16.5. The molecule has 2 nitrogen and oxygen atoms in total. The van der Waals surface area contributed by atoms with Gasteiger partial charge >= 0.3 is 0 Å². The predicted octanol–water partition coefficient (Wildman–Crippen LogP) is 2.42. The summed E-state index contributed by atoms with van der Waals surface area (Å²) in [5, 5.41) is 3.21. The molecule has 0 aliphatic carbocycles. The second-order valence-corrected chi connectivity index (χ2v) is 3.04. The highest BCUT2D eigenvalue weighted by molar-refractivity contribution is 5.27. The summed E-state index contributed by atoms with van der Waals surface area (Å²) < 4.78 is 5.11. The third kappa shape index (κ3) is 4.67. The lowest BCUT2D eigenvalue weighted by Gasteiger charge is -2.20. The number of rotatable bonds is 7. The zero-order valence-electron chi connectivity index (χ0n) is 9.05. The van der Waals surface area contributed by atoms with E-state index in [2.05, 4.69) is 25.1 Å². The molecule has 1 atom stereocenters. The molecule has 0 aromatic heterocycles. The van der Waals surface area contributed by atoms with Crippen molar-refractivity contribution < 1.29 is 4.74 Å². The number of methoxy groups -OCH3 is 1. The van der Waals surface area contributed by atoms with Crippen LogP contribution < -0.4 is 5.32 Å². The molecule has 0 heterocycles. The lowest BCUT2D eigenvalue weighted by molar-refractivity contribution is 0.182. The van der Waals surface area contributed by atoms with E-state index in [4.69, 9.17) is 4.74 Å². The first kappa shape index (κ1) is 12.7. The Kier molecular flexibility index (Phi) is 6.50. The minimum Gasteiger partial charge on any atom is -0.382 e. The molecule has 0 saturated heterocycles. The van der Waals surface area contributed by atoms with Gasteiger partial charge in [0.25, 0.3) is 0 Å². The smallest absolute Gasteiger partial charge is 0.0744 e. The van der Waals surface area contributed by atoms with Crippen LogP contribution in [0.2, 0.25) is 0 Å². The van der Waals surface area contributed by atoms with Crippen LogP contribution in [0.4, 0.5) is 0 Å². The quantitative estimate of drug-likeness (QED) is 0.627. The molecule has 0 radical (unpaired) electrons. The van der Waals surface area contributed by atoms with Gasteiger partial charge in [0, 0.05) is 12.8 Å². The van der Waals surface area contributed by atoms with Crippen molar-refractivity contribution in [2.75, 3.05) is 13.7 Å². The van der Waals surface area contributed by atoms with Gasteiger partial charge in [0.05, 0.1) is 12.6 Å². The summed E-state index contributed by atoms with van der Waals surface area (Å²) in [6.45, 7) is 13.7. The minimum atomic E-state index is 0.0907. The van der Waals surface area contributed by atoms with Gasteiger partial charge in [-0.1, -0.05) is 38.0 Å². The molecule has 0 saturated carbocycles. The second kappa shape index (κ2) is 7.15. The van der Waals surface area contributed by atoms with Crippen molar-refractivity contribution >= 4 is 0 Å². The van der Waals surface area contributed by atoms with Crippen molar-refractivity contribution in [3.8, 4) is 0 Å². The summed E-state index contributed by atoms with van der Waals surface area (Å²) in [7, 11) is 1.67. The fraction of sp³-hybridized carbons (Fsp3) is 0.333. The maximum Gasteiger partial charge on any atom is 0.0744 e. The maximum atomic E-state index is 5.11. The fourth-order valence-corrected chi connectivity index (χ4v) is 1.15. The van der Waals surface area contributed by atoms with Crippen LogP contribution in [0, 0.1) is 0 Å². The van der Waals surface area contributed by atoms with E-state index in [1.807, 2.05) is 13.0 Å². The van der Waals surface area contributed by atoms with Crippen LogP contribution in [-0.4, -0.2) is 19.8 Å². The van der Waals surface area contributed by atoms with E-state index in [1.54, 1.807) is 19.3 Å². The Balaban J connectivity index is 4.58. The van der Waals surface area contributed by atoms with E-state index < -0.39 is 0 Å². The number of hydrogen-bond acceptors (Lipinski definition) is 2. The molecule has 0 aromatic carbocycles. The number of nitrogens with one attached hydrogen (secondary N) is 1. The third-order valence-corrected chi connectivity index (χ3v) is 1.70. The Morgan fingerprint density at radius 1 is 1.50 bits per heavy atom. The standard InChI is InChI=1S/C12H19NO/c1-6-8-11(7-2)12(9-14-5)13-10(3)4/h6-8,12-13H,1-3,9H2,4-5H3/b11-8+/t12-/m1/s1. The molecular weight excluding hydrogens is 174 g/mol. The zero-order valence-corrected chi connectivity index (χ0v) is 9.05. The van der Waals surface area contributed by atoms with Crippen LogP contribution in [-0.2, 0) is 4.74 Å². The van der Waals surface area contributed by atoms with Crippen LogP contribution in [0.15, 0.2) is 49.2 Å². The fourth-order valence-electron chi connectivity index (χ4n) is 1.15. The van der Waals surface area contributed by atoms with Crippen molar-refractivity contribution in [2.24, 2.45) is 0 Å². The van der Waals surface area contributed by atoms with Gasteiger partial charge in [-0.25, -0.2) is 0 Å². The van der Waals surface area contributed by atoms with Gasteiger partial charge in [-0.2, -0.15) is 0 Å². The van der Waals surface area contributed by atoms with E-state index in [0.717, 1.165) is 11.3 Å². The van der Waals surface area contributed by atoms with Gasteiger partial charge in [0.2, 0.25) is 0 Å². The Labute approximate surface area is 86.7 Å². The molecule has 1 N–H and O–H groups in total. The molecule has 2 heteroatoms. The molecule has 0 aromatic rings. The lowest BCUT2D eigenvalue weighted by Crippen LogP contribution is -2.32. The number of hydrogen-bond donors (Lipinski definition) is 1. The minimum absolute atomic E-state index is 0.0907. The molecule has 0 amide bonds. The molecule has 14 heavy (non-hydrogen) atoms. The summed E-state index contributed by atoms with van der Waals surface area (Å²) >= 11 is 0. The molecule has 0 aliphatic rings. The molecule has 0 bridgehead atoms. The van der Waals surface area contributed by atoms with Crippen LogP contribution in [0.25, 0.3) is 0 Å². The number of ether oxygens (including phenoxy) is 1. The average Bonchev–Trinajstić information content (AvgIpc) is 2.13. The molecule has 0 spiro atoms. The van der Waals surface area contributed by atoms with Crippen LogP contribution in [0.5, 0.6) is 0 Å². The molecule has 0 aliphatic heterocycles. The van der Waals surface area contributed by atoms with Gasteiger partial charge in [-0.3, -0.25) is 0 Å². The topological polar surface area (TPSA) is 21.3 Å². The van der Waals surface area contributed by atoms with Gasteiger partial charge in [0.1, 0.15) is 0 Å². The van der Waals surface area contributed by atoms with Gasteiger partial charge in [0.15, 0.2) is 0 Å². The SMILES string of the molecule is C=C/C=C(\C=C)[C@@H](COC)NC(=C)C. The molecular formula is C12H19NO. The van der Waals surface area contributed by atoms with Crippen molar-refractivity contribution in [3.05, 3.63) is 49.2 Å². The van der Waals surface area contributed by atoms with Gasteiger partial charge < -0.3 is 10.1 Å². The summed E-state index contributed by atoms with van der Waals surface area (Å²) in [5.41, 5.74) is 1.95. The molecule has 0 fully saturated rings. The first-order valence-corrected chi connectivity index (χ1v) is 4.51. The van der Waals surface area contributed by atoms with Crippen molar-refractivity contribution in [2.45, 2.75) is 13.0 Å². The first-order chi connectivity index (χ1) is 6.65. The number of allylic oxidation sites excluding steroid dienone is 3.